The third-order valence-corrected chi connectivity index (χ3v) is 3.35. The van der Waals surface area contributed by atoms with Gasteiger partial charge in [0.05, 0.1) is 23.7 Å². The Morgan fingerprint density at radius 2 is 1.95 bits per heavy atom. The van der Waals surface area contributed by atoms with Crippen LogP contribution in [0.1, 0.15) is 11.1 Å². The molecule has 0 saturated carbocycles. The first-order chi connectivity index (χ1) is 9.58. The van der Waals surface area contributed by atoms with Crippen LogP contribution in [-0.4, -0.2) is 17.1 Å². The Balaban J connectivity index is 2.17. The zero-order chi connectivity index (χ0) is 14.3. The molecular formula is C16H15FN2O. The molecule has 0 aliphatic rings. The molecule has 3 aromatic rings. The molecule has 3 rings (SSSR count). The average Bonchev–Trinajstić information content (AvgIpc) is 2.82. The molecule has 2 aromatic carbocycles. The number of aromatic nitrogens is 2. The molecule has 20 heavy (non-hydrogen) atoms. The van der Waals surface area contributed by atoms with Crippen molar-refractivity contribution in [2.24, 2.45) is 0 Å². The molecule has 102 valence electrons. The van der Waals surface area contributed by atoms with Gasteiger partial charge >= 0.3 is 0 Å². The lowest BCUT2D eigenvalue weighted by atomic mass is 10.1. The van der Waals surface area contributed by atoms with Gasteiger partial charge in [-0.3, -0.25) is 0 Å². The third-order valence-electron chi connectivity index (χ3n) is 3.35. The molecule has 0 saturated heterocycles. The Morgan fingerprint density at radius 3 is 2.65 bits per heavy atom. The Bertz CT molecular complexity index is 793. The summed E-state index contributed by atoms with van der Waals surface area (Å²) < 4.78 is 19.1. The molecule has 1 N–H and O–H groups in total. The molecule has 0 bridgehead atoms. The lowest BCUT2D eigenvalue weighted by Crippen LogP contribution is -1.89. The number of ether oxygens (including phenoxy) is 1. The summed E-state index contributed by atoms with van der Waals surface area (Å²) in [7, 11) is 1.52. The van der Waals surface area contributed by atoms with Crippen molar-refractivity contribution < 1.29 is 9.13 Å². The highest BCUT2D eigenvalue weighted by Crippen LogP contribution is 2.27. The second kappa shape index (κ2) is 4.63. The SMILES string of the molecule is COc1ccc(-c2nc3c(C)cc(C)cc3[nH]2)c(F)c1. The zero-order valence-corrected chi connectivity index (χ0v) is 11.6. The monoisotopic (exact) mass is 270 g/mol. The third kappa shape index (κ3) is 2.03. The quantitative estimate of drug-likeness (QED) is 0.764. The van der Waals surface area contributed by atoms with E-state index >= 15 is 0 Å². The van der Waals surface area contributed by atoms with Gasteiger partial charge in [-0.1, -0.05) is 6.07 Å². The van der Waals surface area contributed by atoms with Gasteiger partial charge in [-0.15, -0.1) is 0 Å². The number of aromatic amines is 1. The number of hydrogen-bond acceptors (Lipinski definition) is 2. The van der Waals surface area contributed by atoms with Gasteiger partial charge < -0.3 is 9.72 Å². The van der Waals surface area contributed by atoms with E-state index in [1.54, 1.807) is 12.1 Å². The predicted molar refractivity (Wildman–Crippen MR) is 77.5 cm³/mol. The number of nitrogens with zero attached hydrogens (tertiary/aromatic N) is 1. The van der Waals surface area contributed by atoms with Crippen molar-refractivity contribution in [2.45, 2.75) is 13.8 Å². The number of aryl methyl sites for hydroxylation is 2. The van der Waals surface area contributed by atoms with E-state index < -0.39 is 0 Å². The fourth-order valence-electron chi connectivity index (χ4n) is 2.41. The van der Waals surface area contributed by atoms with Gasteiger partial charge in [0.2, 0.25) is 0 Å². The van der Waals surface area contributed by atoms with Gasteiger partial charge in [0, 0.05) is 6.07 Å². The van der Waals surface area contributed by atoms with Crippen LogP contribution in [0.25, 0.3) is 22.4 Å². The topological polar surface area (TPSA) is 37.9 Å². The molecule has 4 heteroatoms. The Labute approximate surface area is 116 Å². The van der Waals surface area contributed by atoms with Crippen molar-refractivity contribution >= 4 is 11.0 Å². The minimum atomic E-state index is -0.349. The molecule has 0 unspecified atom stereocenters. The fraction of sp³-hybridized carbons (Fsp3) is 0.188. The molecule has 1 heterocycles. The Morgan fingerprint density at radius 1 is 1.15 bits per heavy atom. The molecule has 1 aromatic heterocycles. The number of imidazole rings is 1. The molecule has 0 radical (unpaired) electrons. The van der Waals surface area contributed by atoms with E-state index in [1.807, 2.05) is 19.9 Å². The first kappa shape index (κ1) is 12.7. The van der Waals surface area contributed by atoms with Gasteiger partial charge in [0.25, 0.3) is 0 Å². The molecule has 0 spiro atoms. The minimum absolute atomic E-state index is 0.349. The number of methoxy groups -OCH3 is 1. The van der Waals surface area contributed by atoms with Crippen LogP contribution >= 0.6 is 0 Å². The molecule has 0 aliphatic heterocycles. The second-order valence-corrected chi connectivity index (χ2v) is 4.91. The van der Waals surface area contributed by atoms with E-state index in [0.29, 0.717) is 17.1 Å². The van der Waals surface area contributed by atoms with Gasteiger partial charge in [-0.05, 0) is 43.2 Å². The van der Waals surface area contributed by atoms with E-state index in [9.17, 15) is 4.39 Å². The predicted octanol–water partition coefficient (Wildman–Crippen LogP) is 3.99. The second-order valence-electron chi connectivity index (χ2n) is 4.91. The first-order valence-corrected chi connectivity index (χ1v) is 6.39. The van der Waals surface area contributed by atoms with Crippen LogP contribution in [0.5, 0.6) is 5.75 Å². The van der Waals surface area contributed by atoms with Crippen LogP contribution in [-0.2, 0) is 0 Å². The summed E-state index contributed by atoms with van der Waals surface area (Å²) >= 11 is 0. The highest BCUT2D eigenvalue weighted by molar-refractivity contribution is 5.83. The average molecular weight is 270 g/mol. The molecule has 0 atom stereocenters. The molecule has 0 aliphatic carbocycles. The van der Waals surface area contributed by atoms with Crippen molar-refractivity contribution in [1.29, 1.82) is 0 Å². The number of nitrogens with one attached hydrogen (secondary N) is 1. The van der Waals surface area contributed by atoms with Gasteiger partial charge in [-0.25, -0.2) is 9.37 Å². The maximum Gasteiger partial charge on any atom is 0.141 e. The fourth-order valence-corrected chi connectivity index (χ4v) is 2.41. The van der Waals surface area contributed by atoms with Gasteiger partial charge in [0.15, 0.2) is 0 Å². The minimum Gasteiger partial charge on any atom is -0.497 e. The number of benzene rings is 2. The number of H-pyrrole nitrogens is 1. The van der Waals surface area contributed by atoms with Gasteiger partial charge in [0.1, 0.15) is 17.4 Å². The van der Waals surface area contributed by atoms with Crippen LogP contribution in [0.3, 0.4) is 0 Å². The highest BCUT2D eigenvalue weighted by atomic mass is 19.1. The number of hydrogen-bond donors (Lipinski definition) is 1. The summed E-state index contributed by atoms with van der Waals surface area (Å²) in [6.07, 6.45) is 0. The molecule has 0 fully saturated rings. The number of halogens is 1. The summed E-state index contributed by atoms with van der Waals surface area (Å²) in [4.78, 5) is 7.68. The highest BCUT2D eigenvalue weighted by Gasteiger charge is 2.12. The molecule has 0 amide bonds. The smallest absolute Gasteiger partial charge is 0.141 e. The summed E-state index contributed by atoms with van der Waals surface area (Å²) in [5.74, 6) is 0.682. The summed E-state index contributed by atoms with van der Waals surface area (Å²) in [6, 6.07) is 8.84. The van der Waals surface area contributed by atoms with Crippen LogP contribution < -0.4 is 4.74 Å². The summed E-state index contributed by atoms with van der Waals surface area (Å²) in [6.45, 7) is 4.03. The van der Waals surface area contributed by atoms with E-state index in [-0.39, 0.29) is 5.82 Å². The Hall–Kier alpha value is -2.36. The lowest BCUT2D eigenvalue weighted by Gasteiger charge is -2.02. The van der Waals surface area contributed by atoms with Crippen molar-refractivity contribution in [3.8, 4) is 17.1 Å². The Kier molecular flexibility index (Phi) is 2.93. The van der Waals surface area contributed by atoms with Crippen LogP contribution in [0.2, 0.25) is 0 Å². The van der Waals surface area contributed by atoms with Crippen LogP contribution in [0.15, 0.2) is 30.3 Å². The first-order valence-electron chi connectivity index (χ1n) is 6.39. The van der Waals surface area contributed by atoms with E-state index in [2.05, 4.69) is 16.0 Å². The van der Waals surface area contributed by atoms with Crippen molar-refractivity contribution in [3.05, 3.63) is 47.3 Å². The molecular weight excluding hydrogens is 255 g/mol. The van der Waals surface area contributed by atoms with Crippen molar-refractivity contribution in [1.82, 2.24) is 9.97 Å². The standard InChI is InChI=1S/C16H15FN2O/c1-9-6-10(2)15-14(7-9)18-16(19-15)12-5-4-11(20-3)8-13(12)17/h4-8H,1-3H3,(H,18,19). The van der Waals surface area contributed by atoms with E-state index in [4.69, 9.17) is 4.74 Å². The summed E-state index contributed by atoms with van der Waals surface area (Å²) in [5, 5.41) is 0. The lowest BCUT2D eigenvalue weighted by molar-refractivity contribution is 0.411. The molecule has 3 nitrogen and oxygen atoms in total. The maximum absolute atomic E-state index is 14.1. The van der Waals surface area contributed by atoms with E-state index in [1.165, 1.54) is 13.2 Å². The normalized spacial score (nSPS) is 11.0. The number of fused-ring (bicyclic) bond motifs is 1. The van der Waals surface area contributed by atoms with Gasteiger partial charge in [-0.2, -0.15) is 0 Å². The van der Waals surface area contributed by atoms with Crippen LogP contribution in [0, 0.1) is 19.7 Å². The maximum atomic E-state index is 14.1. The number of rotatable bonds is 2. The van der Waals surface area contributed by atoms with E-state index in [0.717, 1.165) is 22.2 Å². The zero-order valence-electron chi connectivity index (χ0n) is 11.6. The van der Waals surface area contributed by atoms with Crippen LogP contribution in [0.4, 0.5) is 4.39 Å². The largest absolute Gasteiger partial charge is 0.497 e. The van der Waals surface area contributed by atoms with Crippen molar-refractivity contribution in [3.63, 3.8) is 0 Å². The summed E-state index contributed by atoms with van der Waals surface area (Å²) in [5.41, 5.74) is 4.48. The van der Waals surface area contributed by atoms with Crippen molar-refractivity contribution in [2.75, 3.05) is 7.11 Å².